The number of rotatable bonds is 3. The molecule has 0 spiro atoms. The van der Waals surface area contributed by atoms with Gasteiger partial charge in [-0.05, 0) is 52.9 Å². The van der Waals surface area contributed by atoms with Crippen molar-refractivity contribution in [2.24, 2.45) is 0 Å². The van der Waals surface area contributed by atoms with E-state index < -0.39 is 15.7 Å². The van der Waals surface area contributed by atoms with E-state index in [1.54, 1.807) is 18.2 Å². The molecule has 6 heteroatoms. The van der Waals surface area contributed by atoms with Crippen LogP contribution in [0.5, 0.6) is 0 Å². The third kappa shape index (κ3) is 3.57. The standard InChI is InChI=1S/C14H12INO3S/c1-20(18,19)13-8-3-2-7-12(13)14(17)16-11-6-4-5-10(15)9-11/h2-9H,1H3,(H,16,17). The number of amides is 1. The Bertz CT molecular complexity index is 757. The molecule has 2 aromatic rings. The summed E-state index contributed by atoms with van der Waals surface area (Å²) in [6.07, 6.45) is 1.09. The highest BCUT2D eigenvalue weighted by atomic mass is 127. The summed E-state index contributed by atoms with van der Waals surface area (Å²) in [7, 11) is -3.44. The lowest BCUT2D eigenvalue weighted by Crippen LogP contribution is -2.16. The average molecular weight is 401 g/mol. The summed E-state index contributed by atoms with van der Waals surface area (Å²) in [6.45, 7) is 0. The molecule has 1 amide bonds. The van der Waals surface area contributed by atoms with Gasteiger partial charge in [0.25, 0.3) is 5.91 Å². The molecule has 0 aliphatic heterocycles. The van der Waals surface area contributed by atoms with Gasteiger partial charge >= 0.3 is 0 Å². The monoisotopic (exact) mass is 401 g/mol. The van der Waals surface area contributed by atoms with Gasteiger partial charge in [-0.1, -0.05) is 18.2 Å². The molecule has 2 aromatic carbocycles. The summed E-state index contributed by atoms with van der Waals surface area (Å²) in [5.74, 6) is -0.437. The minimum Gasteiger partial charge on any atom is -0.322 e. The van der Waals surface area contributed by atoms with Crippen molar-refractivity contribution in [2.75, 3.05) is 11.6 Å². The first-order valence-corrected chi connectivity index (χ1v) is 8.71. The van der Waals surface area contributed by atoms with Crippen molar-refractivity contribution in [3.8, 4) is 0 Å². The van der Waals surface area contributed by atoms with E-state index in [0.29, 0.717) is 5.69 Å². The van der Waals surface area contributed by atoms with Crippen molar-refractivity contribution in [2.45, 2.75) is 4.90 Å². The molecule has 4 nitrogen and oxygen atoms in total. The van der Waals surface area contributed by atoms with E-state index >= 15 is 0 Å². The summed E-state index contributed by atoms with van der Waals surface area (Å²) < 4.78 is 24.4. The fraction of sp³-hybridized carbons (Fsp3) is 0.0714. The molecular weight excluding hydrogens is 389 g/mol. The van der Waals surface area contributed by atoms with Crippen LogP contribution in [0.3, 0.4) is 0 Å². The molecule has 0 atom stereocenters. The van der Waals surface area contributed by atoms with Gasteiger partial charge in [-0.15, -0.1) is 0 Å². The number of benzene rings is 2. The van der Waals surface area contributed by atoms with Crippen LogP contribution in [0.15, 0.2) is 53.4 Å². The lowest BCUT2D eigenvalue weighted by atomic mass is 10.2. The number of nitrogens with one attached hydrogen (secondary N) is 1. The Morgan fingerprint density at radius 1 is 1.10 bits per heavy atom. The molecular formula is C14H12INO3S. The largest absolute Gasteiger partial charge is 0.322 e. The lowest BCUT2D eigenvalue weighted by Gasteiger charge is -2.09. The van der Waals surface area contributed by atoms with E-state index in [0.717, 1.165) is 9.83 Å². The Kier molecular flexibility index (Phi) is 4.44. The smallest absolute Gasteiger partial charge is 0.256 e. The third-order valence-corrected chi connectivity index (χ3v) is 4.44. The van der Waals surface area contributed by atoms with E-state index in [4.69, 9.17) is 0 Å². The Morgan fingerprint density at radius 2 is 1.80 bits per heavy atom. The minimum atomic E-state index is -3.44. The normalized spacial score (nSPS) is 11.1. The maximum atomic E-state index is 12.2. The average Bonchev–Trinajstić information content (AvgIpc) is 2.37. The van der Waals surface area contributed by atoms with Crippen molar-refractivity contribution in [3.05, 3.63) is 57.7 Å². The first kappa shape index (κ1) is 15.0. The minimum absolute atomic E-state index is 0.0307. The second-order valence-electron chi connectivity index (χ2n) is 4.23. The molecule has 1 N–H and O–H groups in total. The highest BCUT2D eigenvalue weighted by molar-refractivity contribution is 14.1. The highest BCUT2D eigenvalue weighted by Crippen LogP contribution is 2.18. The number of carbonyl (C=O) groups is 1. The number of anilines is 1. The zero-order valence-electron chi connectivity index (χ0n) is 10.6. The highest BCUT2D eigenvalue weighted by Gasteiger charge is 2.18. The van der Waals surface area contributed by atoms with Crippen LogP contribution in [0.25, 0.3) is 0 Å². The van der Waals surface area contributed by atoms with Crippen LogP contribution in [0.1, 0.15) is 10.4 Å². The Hall–Kier alpha value is -1.41. The number of carbonyl (C=O) groups excluding carboxylic acids is 1. The van der Waals surface area contributed by atoms with E-state index in [1.165, 1.54) is 12.1 Å². The van der Waals surface area contributed by atoms with Crippen molar-refractivity contribution in [1.82, 2.24) is 0 Å². The van der Waals surface area contributed by atoms with Gasteiger partial charge in [0.1, 0.15) is 0 Å². The fourth-order valence-electron chi connectivity index (χ4n) is 1.74. The number of sulfone groups is 1. The predicted octanol–water partition coefficient (Wildman–Crippen LogP) is 2.95. The Balaban J connectivity index is 2.36. The van der Waals surface area contributed by atoms with Crippen LogP contribution in [0, 0.1) is 3.57 Å². The van der Waals surface area contributed by atoms with Crippen molar-refractivity contribution in [3.63, 3.8) is 0 Å². The third-order valence-electron chi connectivity index (χ3n) is 2.61. The van der Waals surface area contributed by atoms with Gasteiger partial charge in [-0.3, -0.25) is 4.79 Å². The van der Waals surface area contributed by atoms with Gasteiger partial charge in [0.2, 0.25) is 0 Å². The maximum absolute atomic E-state index is 12.2. The van der Waals surface area contributed by atoms with Crippen molar-refractivity contribution < 1.29 is 13.2 Å². The van der Waals surface area contributed by atoms with Crippen molar-refractivity contribution in [1.29, 1.82) is 0 Å². The topological polar surface area (TPSA) is 63.2 Å². The van der Waals surface area contributed by atoms with Crippen LogP contribution < -0.4 is 5.32 Å². The molecule has 0 radical (unpaired) electrons. The van der Waals surface area contributed by atoms with Gasteiger partial charge in [-0.25, -0.2) is 8.42 Å². The van der Waals surface area contributed by atoms with Crippen LogP contribution in [0.4, 0.5) is 5.69 Å². The summed E-state index contributed by atoms with van der Waals surface area (Å²) >= 11 is 2.14. The molecule has 0 bridgehead atoms. The van der Waals surface area contributed by atoms with Crippen LogP contribution >= 0.6 is 22.6 Å². The molecule has 0 saturated heterocycles. The maximum Gasteiger partial charge on any atom is 0.256 e. The first-order valence-electron chi connectivity index (χ1n) is 5.74. The molecule has 0 aliphatic rings. The number of hydrogen-bond acceptors (Lipinski definition) is 3. The molecule has 0 heterocycles. The van der Waals surface area contributed by atoms with E-state index in [9.17, 15) is 13.2 Å². The molecule has 0 unspecified atom stereocenters. The van der Waals surface area contributed by atoms with Gasteiger partial charge in [0.05, 0.1) is 10.5 Å². The Labute approximate surface area is 131 Å². The number of halogens is 1. The zero-order chi connectivity index (χ0) is 14.8. The fourth-order valence-corrected chi connectivity index (χ4v) is 3.17. The van der Waals surface area contributed by atoms with E-state index in [1.807, 2.05) is 18.2 Å². The van der Waals surface area contributed by atoms with Crippen LogP contribution in [0.2, 0.25) is 0 Å². The van der Waals surface area contributed by atoms with Gasteiger partial charge in [0, 0.05) is 15.5 Å². The molecule has 2 rings (SSSR count). The van der Waals surface area contributed by atoms with Crippen molar-refractivity contribution >= 4 is 44.0 Å². The van der Waals surface area contributed by atoms with Gasteiger partial charge in [0.15, 0.2) is 9.84 Å². The molecule has 0 saturated carbocycles. The van der Waals surface area contributed by atoms with Crippen LogP contribution in [-0.2, 0) is 9.84 Å². The second-order valence-corrected chi connectivity index (χ2v) is 7.46. The lowest BCUT2D eigenvalue weighted by molar-refractivity contribution is 0.102. The first-order chi connectivity index (χ1) is 9.38. The van der Waals surface area contributed by atoms with Crippen LogP contribution in [-0.4, -0.2) is 20.6 Å². The predicted molar refractivity (Wildman–Crippen MR) is 86.7 cm³/mol. The quantitative estimate of drug-likeness (QED) is 0.805. The summed E-state index contributed by atoms with van der Waals surface area (Å²) in [5.41, 5.74) is 0.777. The van der Waals surface area contributed by atoms with Gasteiger partial charge in [-0.2, -0.15) is 0 Å². The molecule has 0 aromatic heterocycles. The molecule has 0 aliphatic carbocycles. The number of hydrogen-bond donors (Lipinski definition) is 1. The summed E-state index contributed by atoms with van der Waals surface area (Å²) in [6, 6.07) is 13.4. The van der Waals surface area contributed by atoms with E-state index in [2.05, 4.69) is 27.9 Å². The summed E-state index contributed by atoms with van der Waals surface area (Å²) in [5, 5.41) is 2.70. The van der Waals surface area contributed by atoms with E-state index in [-0.39, 0.29) is 10.5 Å². The SMILES string of the molecule is CS(=O)(=O)c1ccccc1C(=O)Nc1cccc(I)c1. The Morgan fingerprint density at radius 3 is 2.45 bits per heavy atom. The molecule has 104 valence electrons. The second kappa shape index (κ2) is 5.92. The van der Waals surface area contributed by atoms with Gasteiger partial charge < -0.3 is 5.32 Å². The zero-order valence-corrected chi connectivity index (χ0v) is 13.6. The molecule has 0 fully saturated rings. The molecule has 20 heavy (non-hydrogen) atoms. The summed E-state index contributed by atoms with van der Waals surface area (Å²) in [4.78, 5) is 12.2.